The summed E-state index contributed by atoms with van der Waals surface area (Å²) < 4.78 is 35.9. The molecule has 0 aliphatic rings. The maximum absolute atomic E-state index is 12.0. The van der Waals surface area contributed by atoms with E-state index in [0.717, 1.165) is 30.7 Å². The largest absolute Gasteiger partial charge is 0.416 e. The maximum Gasteiger partial charge on any atom is 0.416 e. The van der Waals surface area contributed by atoms with E-state index in [0.29, 0.717) is 11.1 Å². The van der Waals surface area contributed by atoms with E-state index in [9.17, 15) is 13.2 Å². The van der Waals surface area contributed by atoms with Gasteiger partial charge in [-0.05, 0) is 81.2 Å². The minimum atomic E-state index is -4.22. The van der Waals surface area contributed by atoms with E-state index in [4.69, 9.17) is 5.26 Å². The van der Waals surface area contributed by atoms with Gasteiger partial charge in [0.25, 0.3) is 0 Å². The van der Waals surface area contributed by atoms with Gasteiger partial charge in [0, 0.05) is 0 Å². The molecular weight excluding hydrogens is 445 g/mol. The van der Waals surface area contributed by atoms with Crippen LogP contribution in [-0.2, 0) is 6.18 Å². The molecule has 0 fully saturated rings. The SMILES string of the molecule is C=C.CNCC/C(C)=C(\C)c1ccccc1-c1ccc(C#N)cc1.Cc1cccc(C(F)(F)F)c1. The summed E-state index contributed by atoms with van der Waals surface area (Å²) in [6.07, 6.45) is -3.17. The summed E-state index contributed by atoms with van der Waals surface area (Å²) in [7, 11) is 1.98. The lowest BCUT2D eigenvalue weighted by Gasteiger charge is -2.13. The zero-order valence-electron chi connectivity index (χ0n) is 20.8. The van der Waals surface area contributed by atoms with Crippen molar-refractivity contribution in [3.63, 3.8) is 0 Å². The maximum atomic E-state index is 12.0. The van der Waals surface area contributed by atoms with Gasteiger partial charge in [0.05, 0.1) is 17.2 Å². The molecule has 1 N–H and O–H groups in total. The second kappa shape index (κ2) is 14.6. The molecular formula is C30H33F3N2. The lowest BCUT2D eigenvalue weighted by Crippen LogP contribution is -2.08. The quantitative estimate of drug-likeness (QED) is 0.374. The molecule has 0 aliphatic carbocycles. The first kappa shape index (κ1) is 29.4. The number of nitrogens with one attached hydrogen (secondary N) is 1. The van der Waals surface area contributed by atoms with Crippen LogP contribution in [0.2, 0.25) is 0 Å². The predicted molar refractivity (Wildman–Crippen MR) is 141 cm³/mol. The van der Waals surface area contributed by atoms with Crippen LogP contribution in [-0.4, -0.2) is 13.6 Å². The van der Waals surface area contributed by atoms with Crippen LogP contribution in [0.3, 0.4) is 0 Å². The lowest BCUT2D eigenvalue weighted by molar-refractivity contribution is -0.137. The molecule has 184 valence electrons. The highest BCUT2D eigenvalue weighted by atomic mass is 19.4. The van der Waals surface area contributed by atoms with Crippen molar-refractivity contribution in [2.75, 3.05) is 13.6 Å². The molecule has 0 spiro atoms. The van der Waals surface area contributed by atoms with Gasteiger partial charge in [-0.3, -0.25) is 0 Å². The molecule has 0 amide bonds. The number of hydrogen-bond donors (Lipinski definition) is 1. The van der Waals surface area contributed by atoms with Gasteiger partial charge in [-0.15, -0.1) is 13.2 Å². The Bertz CT molecular complexity index is 1140. The summed E-state index contributed by atoms with van der Waals surface area (Å²) in [6, 6.07) is 23.6. The topological polar surface area (TPSA) is 35.8 Å². The van der Waals surface area contributed by atoms with Crippen LogP contribution in [0.1, 0.15) is 42.5 Å². The predicted octanol–water partition coefficient (Wildman–Crippen LogP) is 8.44. The molecule has 35 heavy (non-hydrogen) atoms. The molecule has 0 atom stereocenters. The standard InChI is InChI=1S/C20H22N2.C8H7F3.C2H4/c1-15(12-13-22-3)16(2)19-6-4-5-7-20(19)18-10-8-17(14-21)9-11-18;1-6-3-2-4-7(5-6)8(9,10)11;1-2/h4-11,22H,12-13H2,1-3H3;2-5H,1H3;1-2H2/b16-15+;;. The lowest BCUT2D eigenvalue weighted by atomic mass is 9.92. The molecule has 2 nitrogen and oxygen atoms in total. The number of allylic oxidation sites excluding steroid dienone is 1. The van der Waals surface area contributed by atoms with Crippen LogP contribution in [0.25, 0.3) is 16.7 Å². The van der Waals surface area contributed by atoms with Crippen molar-refractivity contribution in [2.45, 2.75) is 33.4 Å². The van der Waals surface area contributed by atoms with Crippen molar-refractivity contribution >= 4 is 5.57 Å². The summed E-state index contributed by atoms with van der Waals surface area (Å²) in [6.45, 7) is 13.0. The van der Waals surface area contributed by atoms with Gasteiger partial charge < -0.3 is 5.32 Å². The molecule has 0 saturated heterocycles. The second-order valence-corrected chi connectivity index (χ2v) is 7.86. The molecule has 0 bridgehead atoms. The Balaban J connectivity index is 0.000000395. The van der Waals surface area contributed by atoms with E-state index >= 15 is 0 Å². The third-order valence-electron chi connectivity index (χ3n) is 5.39. The van der Waals surface area contributed by atoms with E-state index in [1.54, 1.807) is 13.0 Å². The van der Waals surface area contributed by atoms with Crippen LogP contribution >= 0.6 is 0 Å². The van der Waals surface area contributed by atoms with Crippen molar-refractivity contribution in [2.24, 2.45) is 0 Å². The third-order valence-corrected chi connectivity index (χ3v) is 5.39. The monoisotopic (exact) mass is 478 g/mol. The first-order valence-electron chi connectivity index (χ1n) is 11.2. The number of nitriles is 1. The molecule has 0 heterocycles. The molecule has 3 rings (SSSR count). The van der Waals surface area contributed by atoms with E-state index < -0.39 is 11.7 Å². The van der Waals surface area contributed by atoms with Crippen LogP contribution in [0.15, 0.2) is 91.5 Å². The Morgan fingerprint density at radius 3 is 2.09 bits per heavy atom. The number of hydrogen-bond acceptors (Lipinski definition) is 2. The zero-order chi connectivity index (χ0) is 26.4. The molecule has 0 aromatic heterocycles. The Labute approximate surface area is 207 Å². The van der Waals surface area contributed by atoms with Crippen LogP contribution < -0.4 is 5.32 Å². The third kappa shape index (κ3) is 9.27. The van der Waals surface area contributed by atoms with E-state index in [1.165, 1.54) is 28.3 Å². The molecule has 5 heteroatoms. The average Bonchev–Trinajstić information content (AvgIpc) is 2.88. The van der Waals surface area contributed by atoms with E-state index in [1.807, 2.05) is 31.3 Å². The van der Waals surface area contributed by atoms with Gasteiger partial charge in [-0.2, -0.15) is 18.4 Å². The Morgan fingerprint density at radius 2 is 1.57 bits per heavy atom. The minimum Gasteiger partial charge on any atom is -0.319 e. The number of nitrogens with zero attached hydrogens (tertiary/aromatic N) is 1. The number of benzene rings is 3. The van der Waals surface area contributed by atoms with Gasteiger partial charge in [0.15, 0.2) is 0 Å². The van der Waals surface area contributed by atoms with E-state index in [-0.39, 0.29) is 0 Å². The summed E-state index contributed by atoms with van der Waals surface area (Å²) in [5.74, 6) is 0. The fraction of sp³-hybridized carbons (Fsp3) is 0.233. The Morgan fingerprint density at radius 1 is 0.943 bits per heavy atom. The van der Waals surface area contributed by atoms with Crippen molar-refractivity contribution < 1.29 is 13.2 Å². The summed E-state index contributed by atoms with van der Waals surface area (Å²) >= 11 is 0. The number of halogens is 3. The number of aryl methyl sites for hydroxylation is 1. The zero-order valence-corrected chi connectivity index (χ0v) is 20.8. The first-order chi connectivity index (χ1) is 16.7. The van der Waals surface area contributed by atoms with Gasteiger partial charge in [-0.1, -0.05) is 65.7 Å². The number of alkyl halides is 3. The van der Waals surface area contributed by atoms with Crippen LogP contribution in [0.5, 0.6) is 0 Å². The molecule has 0 radical (unpaired) electrons. The van der Waals surface area contributed by atoms with Gasteiger partial charge in [0.2, 0.25) is 0 Å². The van der Waals surface area contributed by atoms with Crippen molar-refractivity contribution in [1.82, 2.24) is 5.32 Å². The van der Waals surface area contributed by atoms with Gasteiger partial charge in [0.1, 0.15) is 0 Å². The van der Waals surface area contributed by atoms with Crippen molar-refractivity contribution in [3.8, 4) is 17.2 Å². The molecule has 3 aromatic rings. The van der Waals surface area contributed by atoms with Gasteiger partial charge in [-0.25, -0.2) is 0 Å². The normalized spacial score (nSPS) is 11.1. The van der Waals surface area contributed by atoms with Crippen LogP contribution in [0, 0.1) is 18.3 Å². The first-order valence-corrected chi connectivity index (χ1v) is 11.2. The smallest absolute Gasteiger partial charge is 0.319 e. The van der Waals surface area contributed by atoms with Crippen molar-refractivity contribution in [1.29, 1.82) is 5.26 Å². The second-order valence-electron chi connectivity index (χ2n) is 7.86. The highest BCUT2D eigenvalue weighted by Crippen LogP contribution is 2.31. The molecule has 0 unspecified atom stereocenters. The Kier molecular flexibility index (Phi) is 12.3. The van der Waals surface area contributed by atoms with Gasteiger partial charge >= 0.3 is 6.18 Å². The summed E-state index contributed by atoms with van der Waals surface area (Å²) in [5, 5.41) is 12.1. The number of rotatable bonds is 5. The highest BCUT2D eigenvalue weighted by Gasteiger charge is 2.29. The van der Waals surface area contributed by atoms with Crippen LogP contribution in [0.4, 0.5) is 13.2 Å². The fourth-order valence-corrected chi connectivity index (χ4v) is 3.34. The fourth-order valence-electron chi connectivity index (χ4n) is 3.34. The summed E-state index contributed by atoms with van der Waals surface area (Å²) in [4.78, 5) is 0. The minimum absolute atomic E-state index is 0.586. The Hall–Kier alpha value is -3.62. The highest BCUT2D eigenvalue weighted by molar-refractivity contribution is 5.81. The molecule has 0 aliphatic heterocycles. The molecule has 0 saturated carbocycles. The average molecular weight is 479 g/mol. The molecule has 3 aromatic carbocycles. The van der Waals surface area contributed by atoms with Crippen molar-refractivity contribution in [3.05, 3.63) is 114 Å². The summed E-state index contributed by atoms with van der Waals surface area (Å²) in [5.41, 5.74) is 7.09. The van der Waals surface area contributed by atoms with E-state index in [2.05, 4.69) is 62.7 Å².